The molecular formula is C20H32N4O5S. The molecule has 0 fully saturated rings. The van der Waals surface area contributed by atoms with Crippen LogP contribution in [0, 0.1) is 0 Å². The molecule has 1 aliphatic carbocycles. The molecule has 4 N–H and O–H groups in total. The summed E-state index contributed by atoms with van der Waals surface area (Å²) < 4.78 is 5.58. The first-order valence-corrected chi connectivity index (χ1v) is 11.1. The van der Waals surface area contributed by atoms with Crippen molar-refractivity contribution >= 4 is 34.4 Å². The molecule has 0 aliphatic heterocycles. The zero-order valence-corrected chi connectivity index (χ0v) is 18.9. The molecule has 30 heavy (non-hydrogen) atoms. The van der Waals surface area contributed by atoms with Gasteiger partial charge in [-0.15, -0.1) is 11.3 Å². The van der Waals surface area contributed by atoms with Gasteiger partial charge in [-0.05, 0) is 46.5 Å². The summed E-state index contributed by atoms with van der Waals surface area (Å²) >= 11 is 1.38. The van der Waals surface area contributed by atoms with Gasteiger partial charge in [0, 0.05) is 30.3 Å². The minimum atomic E-state index is -0.990. The number of nitrogens with zero attached hydrogens (tertiary/aromatic N) is 2. The van der Waals surface area contributed by atoms with Crippen LogP contribution in [0.1, 0.15) is 63.9 Å². The van der Waals surface area contributed by atoms with Crippen molar-refractivity contribution in [3.63, 3.8) is 0 Å². The first kappa shape index (κ1) is 24.1. The zero-order valence-electron chi connectivity index (χ0n) is 18.1. The lowest BCUT2D eigenvalue weighted by atomic mass is 9.96. The van der Waals surface area contributed by atoms with Gasteiger partial charge < -0.3 is 25.8 Å². The van der Waals surface area contributed by atoms with E-state index in [1.54, 1.807) is 4.90 Å². The van der Waals surface area contributed by atoms with Crippen molar-refractivity contribution in [1.29, 1.82) is 0 Å². The Bertz CT molecular complexity index is 774. The van der Waals surface area contributed by atoms with E-state index in [0.717, 1.165) is 23.4 Å². The van der Waals surface area contributed by atoms with E-state index in [4.69, 9.17) is 15.6 Å². The van der Waals surface area contributed by atoms with Crippen LogP contribution in [0.4, 0.5) is 9.93 Å². The first-order valence-electron chi connectivity index (χ1n) is 10.3. The fraction of sp³-hybridized carbons (Fsp3) is 0.700. The number of hydrogen-bond donors (Lipinski definition) is 3. The number of nitrogens with one attached hydrogen (secondary N) is 1. The molecule has 1 aliphatic rings. The minimum absolute atomic E-state index is 0.0223. The Morgan fingerprint density at radius 3 is 2.70 bits per heavy atom. The molecule has 2 atom stereocenters. The normalized spacial score (nSPS) is 17.0. The highest BCUT2D eigenvalue weighted by Gasteiger charge is 2.32. The van der Waals surface area contributed by atoms with E-state index in [1.807, 2.05) is 27.7 Å². The number of carbonyl (C=O) groups is 3. The predicted octanol–water partition coefficient (Wildman–Crippen LogP) is 2.78. The van der Waals surface area contributed by atoms with Crippen molar-refractivity contribution in [1.82, 2.24) is 9.88 Å². The second-order valence-corrected chi connectivity index (χ2v) is 9.57. The van der Waals surface area contributed by atoms with Crippen LogP contribution in [0.3, 0.4) is 0 Å². The molecule has 0 radical (unpaired) electrons. The number of carbonyl (C=O) groups excluding carboxylic acids is 2. The number of nitrogens with two attached hydrogens (primary N) is 1. The van der Waals surface area contributed by atoms with Crippen molar-refractivity contribution in [3.8, 4) is 0 Å². The van der Waals surface area contributed by atoms with Gasteiger partial charge in [-0.25, -0.2) is 9.78 Å². The molecule has 0 saturated heterocycles. The Labute approximate surface area is 181 Å². The topological polar surface area (TPSA) is 135 Å². The van der Waals surface area contributed by atoms with Crippen LogP contribution in [0.15, 0.2) is 0 Å². The van der Waals surface area contributed by atoms with Crippen molar-refractivity contribution in [2.24, 2.45) is 5.73 Å². The summed E-state index contributed by atoms with van der Waals surface area (Å²) in [5.41, 5.74) is 6.13. The van der Waals surface area contributed by atoms with Crippen LogP contribution >= 0.6 is 11.3 Å². The van der Waals surface area contributed by atoms with E-state index in [-0.39, 0.29) is 25.0 Å². The van der Waals surface area contributed by atoms with Crippen LogP contribution in [0.5, 0.6) is 0 Å². The summed E-state index contributed by atoms with van der Waals surface area (Å²) in [6, 6.07) is -0.879. The van der Waals surface area contributed by atoms with Gasteiger partial charge in [-0.2, -0.15) is 0 Å². The van der Waals surface area contributed by atoms with Crippen molar-refractivity contribution in [2.45, 2.75) is 83.9 Å². The van der Waals surface area contributed by atoms with Crippen molar-refractivity contribution < 1.29 is 24.2 Å². The van der Waals surface area contributed by atoms with E-state index in [1.165, 1.54) is 11.3 Å². The lowest BCUT2D eigenvalue weighted by Crippen LogP contribution is -2.46. The Morgan fingerprint density at radius 2 is 2.10 bits per heavy atom. The molecule has 0 unspecified atom stereocenters. The van der Waals surface area contributed by atoms with Crippen LogP contribution in [-0.4, -0.2) is 57.2 Å². The van der Waals surface area contributed by atoms with Gasteiger partial charge >= 0.3 is 12.1 Å². The number of carboxylic acids is 1. The molecule has 10 heteroatoms. The van der Waals surface area contributed by atoms with Crippen LogP contribution in [0.2, 0.25) is 0 Å². The lowest BCUT2D eigenvalue weighted by Gasteiger charge is -2.35. The van der Waals surface area contributed by atoms with E-state index < -0.39 is 23.5 Å². The number of amides is 2. The van der Waals surface area contributed by atoms with Crippen molar-refractivity contribution in [2.75, 3.05) is 11.9 Å². The summed E-state index contributed by atoms with van der Waals surface area (Å²) in [6.45, 7) is 8.21. The fourth-order valence-electron chi connectivity index (χ4n) is 3.27. The van der Waals surface area contributed by atoms with Gasteiger partial charge in [-0.1, -0.05) is 6.92 Å². The lowest BCUT2D eigenvalue weighted by molar-refractivity contribution is -0.137. The number of aryl methyl sites for hydroxylation is 1. The Kier molecular flexibility index (Phi) is 8.19. The first-order chi connectivity index (χ1) is 14.0. The van der Waals surface area contributed by atoms with Gasteiger partial charge in [0.2, 0.25) is 5.91 Å². The molecule has 1 aromatic heterocycles. The number of anilines is 1. The van der Waals surface area contributed by atoms with Gasteiger partial charge in [-0.3, -0.25) is 9.59 Å². The number of rotatable bonds is 8. The third-order valence-corrected chi connectivity index (χ3v) is 5.72. The smallest absolute Gasteiger partial charge is 0.410 e. The number of aromatic nitrogens is 1. The molecule has 1 heterocycles. The van der Waals surface area contributed by atoms with E-state index in [9.17, 15) is 14.4 Å². The number of aliphatic carboxylic acids is 1. The SMILES string of the molecule is CCCN(C(=O)OC(C)(C)C)[C@H]1CCc2nc(NC(=O)[C@@H](N)CCC(=O)O)sc2C1. The molecular weight excluding hydrogens is 408 g/mol. The molecule has 2 rings (SSSR count). The average molecular weight is 441 g/mol. The van der Waals surface area contributed by atoms with Crippen LogP contribution in [-0.2, 0) is 27.2 Å². The van der Waals surface area contributed by atoms with E-state index >= 15 is 0 Å². The second kappa shape index (κ2) is 10.2. The Balaban J connectivity index is 2.03. The van der Waals surface area contributed by atoms with Crippen molar-refractivity contribution in [3.05, 3.63) is 10.6 Å². The molecule has 0 aromatic carbocycles. The number of thiazole rings is 1. The molecule has 2 amide bonds. The van der Waals surface area contributed by atoms with Gasteiger partial charge in [0.1, 0.15) is 5.60 Å². The number of fused-ring (bicyclic) bond motifs is 1. The Hall–Kier alpha value is -2.20. The maximum Gasteiger partial charge on any atom is 0.410 e. The third-order valence-electron chi connectivity index (χ3n) is 4.68. The summed E-state index contributed by atoms with van der Waals surface area (Å²) in [4.78, 5) is 42.8. The summed E-state index contributed by atoms with van der Waals surface area (Å²) in [5.74, 6) is -1.43. The number of carboxylic acid groups (broad SMARTS) is 1. The number of hydrogen-bond acceptors (Lipinski definition) is 7. The van der Waals surface area contributed by atoms with Gasteiger partial charge in [0.05, 0.1) is 11.7 Å². The van der Waals surface area contributed by atoms with Crippen LogP contribution in [0.25, 0.3) is 0 Å². The molecule has 0 bridgehead atoms. The second-order valence-electron chi connectivity index (χ2n) is 8.49. The van der Waals surface area contributed by atoms with E-state index in [0.29, 0.717) is 24.5 Å². The highest BCUT2D eigenvalue weighted by Crippen LogP contribution is 2.32. The average Bonchev–Trinajstić information content (AvgIpc) is 3.03. The summed E-state index contributed by atoms with van der Waals surface area (Å²) in [7, 11) is 0. The molecule has 0 saturated carbocycles. The molecule has 0 spiro atoms. The maximum absolute atomic E-state index is 12.7. The Morgan fingerprint density at radius 1 is 1.40 bits per heavy atom. The quantitative estimate of drug-likeness (QED) is 0.565. The standard InChI is InChI=1S/C20H32N4O5S/c1-5-10-24(19(28)29-20(2,3)4)12-6-8-14-15(11-12)30-18(22-14)23-17(27)13(21)7-9-16(25)26/h12-13H,5-11,21H2,1-4H3,(H,25,26)(H,22,23,27)/t12-,13-/m0/s1. The monoisotopic (exact) mass is 440 g/mol. The largest absolute Gasteiger partial charge is 0.481 e. The predicted molar refractivity (Wildman–Crippen MR) is 115 cm³/mol. The van der Waals surface area contributed by atoms with Gasteiger partial charge in [0.15, 0.2) is 5.13 Å². The third kappa shape index (κ3) is 6.94. The molecule has 1 aromatic rings. The molecule has 9 nitrogen and oxygen atoms in total. The fourth-order valence-corrected chi connectivity index (χ4v) is 4.35. The zero-order chi connectivity index (χ0) is 22.5. The molecule has 168 valence electrons. The number of ether oxygens (including phenoxy) is 1. The summed E-state index contributed by atoms with van der Waals surface area (Å²) in [5, 5.41) is 11.9. The maximum atomic E-state index is 12.7. The highest BCUT2D eigenvalue weighted by atomic mass is 32.1. The summed E-state index contributed by atoms with van der Waals surface area (Å²) in [6.07, 6.45) is 2.58. The minimum Gasteiger partial charge on any atom is -0.481 e. The van der Waals surface area contributed by atoms with Crippen LogP contribution < -0.4 is 11.1 Å². The highest BCUT2D eigenvalue weighted by molar-refractivity contribution is 7.15. The van der Waals surface area contributed by atoms with E-state index in [2.05, 4.69) is 10.3 Å². The van der Waals surface area contributed by atoms with Gasteiger partial charge in [0.25, 0.3) is 0 Å².